The van der Waals surface area contributed by atoms with E-state index in [0.717, 1.165) is 56.7 Å². The van der Waals surface area contributed by atoms with Crippen molar-refractivity contribution in [2.24, 2.45) is 0 Å². The predicted molar refractivity (Wildman–Crippen MR) is 179 cm³/mol. The number of aliphatic hydroxyl groups is 1. The van der Waals surface area contributed by atoms with Crippen LogP contribution in [0.1, 0.15) is 83.1 Å². The van der Waals surface area contributed by atoms with Crippen molar-refractivity contribution in [3.05, 3.63) is 154 Å². The highest BCUT2D eigenvalue weighted by Gasteiger charge is 2.29. The van der Waals surface area contributed by atoms with Gasteiger partial charge in [-0.2, -0.15) is 0 Å². The van der Waals surface area contributed by atoms with E-state index < -0.39 is 6.10 Å². The van der Waals surface area contributed by atoms with Crippen molar-refractivity contribution >= 4 is 17.4 Å². The van der Waals surface area contributed by atoms with Crippen molar-refractivity contribution in [2.75, 3.05) is 0 Å². The highest BCUT2D eigenvalue weighted by Crippen LogP contribution is 2.41. The molecule has 1 atom stereocenters. The van der Waals surface area contributed by atoms with Crippen LogP contribution in [0.2, 0.25) is 0 Å². The van der Waals surface area contributed by atoms with Gasteiger partial charge in [-0.15, -0.1) is 6.58 Å². The lowest BCUT2D eigenvalue weighted by atomic mass is 9.88. The number of carbonyl (C=O) groups excluding carboxylic acids is 1. The first-order valence-electron chi connectivity index (χ1n) is 14.9. The molecule has 0 radical (unpaired) electrons. The lowest BCUT2D eigenvalue weighted by molar-refractivity contribution is 0.112. The molecule has 6 rings (SSSR count). The zero-order chi connectivity index (χ0) is 31.6. The molecular formula is C40H40O4. The second-order valence-corrected chi connectivity index (χ2v) is 12.6. The fraction of sp³-hybridized carbons (Fsp3) is 0.225. The van der Waals surface area contributed by atoms with Gasteiger partial charge in [0.1, 0.15) is 29.0 Å². The molecule has 4 heteroatoms. The largest absolute Gasteiger partial charge is 0.483 e. The van der Waals surface area contributed by atoms with E-state index in [1.807, 2.05) is 44.2 Å². The zero-order valence-corrected chi connectivity index (χ0v) is 26.3. The summed E-state index contributed by atoms with van der Waals surface area (Å²) in [6, 6.07) is 28.3. The molecule has 224 valence electrons. The van der Waals surface area contributed by atoms with Crippen molar-refractivity contribution in [3.8, 4) is 11.5 Å². The molecule has 2 heterocycles. The Morgan fingerprint density at radius 1 is 0.682 bits per heavy atom. The molecule has 0 amide bonds. The molecule has 2 aliphatic heterocycles. The SMILES string of the molecule is C=CC(O)c1ccc2c(c1)C(c1ccc(C)cc1)=CC(C)(C)O2.Cc1ccc(C2=CC(C)(C)Oc3ccc(C=O)cc32)cc1. The number of rotatable bonds is 5. The Hall–Kier alpha value is -4.67. The summed E-state index contributed by atoms with van der Waals surface area (Å²) in [5.74, 6) is 1.66. The number of ether oxygens (including phenoxy) is 2. The maximum Gasteiger partial charge on any atom is 0.150 e. The standard InChI is InChI=1S/C21H22O2.C19H18O2/c1-5-19(22)16-10-11-20-17(12-16)18(13-21(3,4)23-20)15-8-6-14(2)7-9-15;1-13-4-7-15(8-5-13)17-11-19(2,3)21-18-9-6-14(12-20)10-16(17)18/h5-13,19,22H,1H2,2-4H3;4-12H,1-3H3. The Morgan fingerprint density at radius 2 is 1.14 bits per heavy atom. The first-order chi connectivity index (χ1) is 20.9. The minimum atomic E-state index is -0.672. The highest BCUT2D eigenvalue weighted by molar-refractivity contribution is 5.88. The van der Waals surface area contributed by atoms with E-state index in [0.29, 0.717) is 5.56 Å². The maximum absolute atomic E-state index is 11.0. The number of aryl methyl sites for hydroxylation is 2. The van der Waals surface area contributed by atoms with E-state index >= 15 is 0 Å². The lowest BCUT2D eigenvalue weighted by Crippen LogP contribution is -2.29. The molecule has 1 N–H and O–H groups in total. The van der Waals surface area contributed by atoms with Crippen LogP contribution in [0.4, 0.5) is 0 Å². The number of aldehydes is 1. The van der Waals surface area contributed by atoms with Crippen LogP contribution in [0.15, 0.2) is 110 Å². The molecule has 0 bridgehead atoms. The topological polar surface area (TPSA) is 55.8 Å². The van der Waals surface area contributed by atoms with Gasteiger partial charge in [0.25, 0.3) is 0 Å². The number of carbonyl (C=O) groups is 1. The fourth-order valence-corrected chi connectivity index (χ4v) is 5.51. The third kappa shape index (κ3) is 6.77. The smallest absolute Gasteiger partial charge is 0.150 e. The zero-order valence-electron chi connectivity index (χ0n) is 26.3. The molecular weight excluding hydrogens is 544 g/mol. The third-order valence-corrected chi connectivity index (χ3v) is 7.74. The average molecular weight is 585 g/mol. The quantitative estimate of drug-likeness (QED) is 0.188. The molecule has 44 heavy (non-hydrogen) atoms. The van der Waals surface area contributed by atoms with Crippen LogP contribution in [-0.4, -0.2) is 22.6 Å². The minimum Gasteiger partial charge on any atom is -0.483 e. The summed E-state index contributed by atoms with van der Waals surface area (Å²) in [5.41, 5.74) is 9.73. The summed E-state index contributed by atoms with van der Waals surface area (Å²) in [5, 5.41) is 10.0. The molecule has 0 aliphatic carbocycles. The van der Waals surface area contributed by atoms with E-state index in [9.17, 15) is 9.90 Å². The summed E-state index contributed by atoms with van der Waals surface area (Å²) in [6.07, 6.45) is 5.99. The van der Waals surface area contributed by atoms with Gasteiger partial charge in [-0.1, -0.05) is 71.8 Å². The summed E-state index contributed by atoms with van der Waals surface area (Å²) in [4.78, 5) is 11.0. The van der Waals surface area contributed by atoms with Crippen LogP contribution in [0.25, 0.3) is 11.1 Å². The van der Waals surface area contributed by atoms with E-state index in [1.165, 1.54) is 17.2 Å². The first kappa shape index (κ1) is 30.8. The molecule has 0 saturated heterocycles. The van der Waals surface area contributed by atoms with Crippen molar-refractivity contribution in [1.82, 2.24) is 0 Å². The Kier molecular flexibility index (Phi) is 8.49. The number of fused-ring (bicyclic) bond motifs is 2. The Morgan fingerprint density at radius 3 is 1.59 bits per heavy atom. The summed E-state index contributed by atoms with van der Waals surface area (Å²) < 4.78 is 12.1. The molecule has 0 fully saturated rings. The van der Waals surface area contributed by atoms with Crippen LogP contribution in [0, 0.1) is 13.8 Å². The summed E-state index contributed by atoms with van der Waals surface area (Å²) in [7, 11) is 0. The van der Waals surface area contributed by atoms with Crippen LogP contribution in [0.5, 0.6) is 11.5 Å². The van der Waals surface area contributed by atoms with Gasteiger partial charge in [0, 0.05) is 16.7 Å². The van der Waals surface area contributed by atoms with Gasteiger partial charge < -0.3 is 14.6 Å². The van der Waals surface area contributed by atoms with E-state index in [4.69, 9.17) is 9.47 Å². The number of benzene rings is 4. The predicted octanol–water partition coefficient (Wildman–Crippen LogP) is 9.23. The summed E-state index contributed by atoms with van der Waals surface area (Å²) in [6.45, 7) is 16.0. The molecule has 2 aliphatic rings. The van der Waals surface area contributed by atoms with Crippen molar-refractivity contribution < 1.29 is 19.4 Å². The summed E-state index contributed by atoms with van der Waals surface area (Å²) >= 11 is 0. The minimum absolute atomic E-state index is 0.365. The molecule has 4 aromatic carbocycles. The van der Waals surface area contributed by atoms with Crippen LogP contribution in [0.3, 0.4) is 0 Å². The fourth-order valence-electron chi connectivity index (χ4n) is 5.51. The van der Waals surface area contributed by atoms with Crippen molar-refractivity contribution in [3.63, 3.8) is 0 Å². The molecule has 0 saturated carbocycles. The van der Waals surface area contributed by atoms with Gasteiger partial charge in [-0.3, -0.25) is 4.79 Å². The van der Waals surface area contributed by atoms with Gasteiger partial charge in [-0.05, 0) is 112 Å². The number of hydrogen-bond donors (Lipinski definition) is 1. The van der Waals surface area contributed by atoms with Crippen molar-refractivity contribution in [2.45, 2.75) is 58.8 Å². The molecule has 4 nitrogen and oxygen atoms in total. The number of aliphatic hydroxyl groups excluding tert-OH is 1. The van der Waals surface area contributed by atoms with Gasteiger partial charge in [0.2, 0.25) is 0 Å². The van der Waals surface area contributed by atoms with Crippen LogP contribution >= 0.6 is 0 Å². The molecule has 0 spiro atoms. The maximum atomic E-state index is 11.0. The van der Waals surface area contributed by atoms with Crippen molar-refractivity contribution in [1.29, 1.82) is 0 Å². The van der Waals surface area contributed by atoms with Gasteiger partial charge in [-0.25, -0.2) is 0 Å². The highest BCUT2D eigenvalue weighted by atomic mass is 16.5. The molecule has 1 unspecified atom stereocenters. The van der Waals surface area contributed by atoms with Gasteiger partial charge in [0.05, 0.1) is 6.10 Å². The van der Waals surface area contributed by atoms with Crippen LogP contribution in [-0.2, 0) is 0 Å². The first-order valence-corrected chi connectivity index (χ1v) is 14.9. The van der Waals surface area contributed by atoms with Gasteiger partial charge >= 0.3 is 0 Å². The second kappa shape index (κ2) is 12.1. The van der Waals surface area contributed by atoms with E-state index in [2.05, 4.69) is 95.0 Å². The average Bonchev–Trinajstić information content (AvgIpc) is 3.00. The Balaban J connectivity index is 0.000000175. The monoisotopic (exact) mass is 584 g/mol. The van der Waals surface area contributed by atoms with Gasteiger partial charge in [0.15, 0.2) is 0 Å². The molecule has 0 aromatic heterocycles. The Labute approximate surface area is 261 Å². The Bertz CT molecular complexity index is 1750. The normalized spacial score (nSPS) is 16.2. The number of hydrogen-bond acceptors (Lipinski definition) is 4. The third-order valence-electron chi connectivity index (χ3n) is 7.74. The van der Waals surface area contributed by atoms with E-state index in [1.54, 1.807) is 6.07 Å². The molecule has 4 aromatic rings. The van der Waals surface area contributed by atoms with E-state index in [-0.39, 0.29) is 11.2 Å². The van der Waals surface area contributed by atoms with Crippen LogP contribution < -0.4 is 9.47 Å². The lowest BCUT2D eigenvalue weighted by Gasteiger charge is -2.32. The second-order valence-electron chi connectivity index (χ2n) is 12.6.